The molecule has 0 saturated heterocycles. The van der Waals surface area contributed by atoms with E-state index in [0.717, 1.165) is 18.9 Å². The molecule has 0 atom stereocenters. The van der Waals surface area contributed by atoms with E-state index in [1.54, 1.807) is 0 Å². The largest absolute Gasteiger partial charge is 0.480 e. The first kappa shape index (κ1) is 14.8. The Balaban J connectivity index is 2.04. The number of hydrogen-bond donors (Lipinski definition) is 3. The average molecular weight is 345 g/mol. The van der Waals surface area contributed by atoms with E-state index < -0.39 is 23.4 Å². The van der Waals surface area contributed by atoms with Crippen LogP contribution in [-0.4, -0.2) is 22.6 Å². The van der Waals surface area contributed by atoms with E-state index in [-0.39, 0.29) is 5.69 Å². The fraction of sp³-hybridized carbons (Fsp3) is 0.385. The smallest absolute Gasteiger partial charge is 0.329 e. The summed E-state index contributed by atoms with van der Waals surface area (Å²) in [5.74, 6) is -1.54. The fourth-order valence-corrected chi connectivity index (χ4v) is 2.57. The first-order valence-electron chi connectivity index (χ1n) is 6.20. The van der Waals surface area contributed by atoms with Crippen molar-refractivity contribution in [2.24, 2.45) is 0 Å². The van der Waals surface area contributed by atoms with Crippen molar-refractivity contribution in [1.82, 2.24) is 5.32 Å². The highest BCUT2D eigenvalue weighted by molar-refractivity contribution is 9.10. The average Bonchev–Trinajstić information content (AvgIpc) is 2.83. The van der Waals surface area contributed by atoms with Gasteiger partial charge in [0, 0.05) is 5.69 Å². The van der Waals surface area contributed by atoms with Crippen LogP contribution < -0.4 is 10.6 Å². The molecule has 1 aromatic carbocycles. The molecular formula is C13H14BrFN2O3. The number of rotatable bonds is 3. The molecule has 0 bridgehead atoms. The van der Waals surface area contributed by atoms with Crippen LogP contribution in [0.15, 0.2) is 22.7 Å². The second-order valence-corrected chi connectivity index (χ2v) is 5.66. The first-order chi connectivity index (χ1) is 9.43. The Hall–Kier alpha value is -1.63. The standard InChI is InChI=1S/C13H14BrFN2O3/c14-9-4-3-8(7-10(9)15)16-12(20)17-13(11(18)19)5-1-2-6-13/h3-4,7H,1-2,5-6H2,(H,18,19)(H2,16,17,20). The molecule has 0 aromatic heterocycles. The number of aliphatic carboxylic acids is 1. The zero-order chi connectivity index (χ0) is 14.8. The third-order valence-electron chi connectivity index (χ3n) is 3.40. The minimum atomic E-state index is -1.21. The van der Waals surface area contributed by atoms with Crippen molar-refractivity contribution in [3.8, 4) is 0 Å². The maximum absolute atomic E-state index is 13.3. The second-order valence-electron chi connectivity index (χ2n) is 4.80. The number of halogens is 2. The molecule has 0 radical (unpaired) electrons. The highest BCUT2D eigenvalue weighted by Gasteiger charge is 2.42. The Bertz CT molecular complexity index is 544. The van der Waals surface area contributed by atoms with Crippen molar-refractivity contribution >= 4 is 33.6 Å². The van der Waals surface area contributed by atoms with Gasteiger partial charge in [0.1, 0.15) is 11.4 Å². The van der Waals surface area contributed by atoms with E-state index in [4.69, 9.17) is 0 Å². The predicted octanol–water partition coefficient (Wildman–Crippen LogP) is 3.11. The van der Waals surface area contributed by atoms with Gasteiger partial charge in [0.15, 0.2) is 0 Å². The molecule has 1 saturated carbocycles. The van der Waals surface area contributed by atoms with Crippen molar-refractivity contribution < 1.29 is 19.1 Å². The van der Waals surface area contributed by atoms with Crippen LogP contribution in [0.4, 0.5) is 14.9 Å². The van der Waals surface area contributed by atoms with Crippen LogP contribution in [0, 0.1) is 5.82 Å². The first-order valence-corrected chi connectivity index (χ1v) is 7.00. The molecule has 1 aromatic rings. The number of urea groups is 1. The van der Waals surface area contributed by atoms with Crippen LogP contribution in [0.5, 0.6) is 0 Å². The molecule has 2 rings (SSSR count). The van der Waals surface area contributed by atoms with E-state index in [9.17, 15) is 19.1 Å². The number of carboxylic acids is 1. The summed E-state index contributed by atoms with van der Waals surface area (Å²) in [7, 11) is 0. The molecule has 0 aliphatic heterocycles. The Kier molecular flexibility index (Phi) is 4.27. The lowest BCUT2D eigenvalue weighted by atomic mass is 9.98. The molecule has 5 nitrogen and oxygen atoms in total. The van der Waals surface area contributed by atoms with Gasteiger partial charge in [-0.2, -0.15) is 0 Å². The summed E-state index contributed by atoms with van der Waals surface area (Å²) in [6.07, 6.45) is 2.34. The van der Waals surface area contributed by atoms with Gasteiger partial charge in [0.2, 0.25) is 0 Å². The van der Waals surface area contributed by atoms with Gasteiger partial charge in [-0.1, -0.05) is 12.8 Å². The normalized spacial score (nSPS) is 16.7. The summed E-state index contributed by atoms with van der Waals surface area (Å²) < 4.78 is 13.6. The highest BCUT2D eigenvalue weighted by atomic mass is 79.9. The minimum Gasteiger partial charge on any atom is -0.480 e. The lowest BCUT2D eigenvalue weighted by molar-refractivity contribution is -0.144. The van der Waals surface area contributed by atoms with Gasteiger partial charge in [0.05, 0.1) is 4.47 Å². The molecule has 1 fully saturated rings. The number of carboxylic acid groups (broad SMARTS) is 1. The van der Waals surface area contributed by atoms with Crippen LogP contribution in [0.25, 0.3) is 0 Å². The third kappa shape index (κ3) is 3.09. The number of carbonyl (C=O) groups is 2. The van der Waals surface area contributed by atoms with Gasteiger partial charge in [-0.25, -0.2) is 14.0 Å². The minimum absolute atomic E-state index is 0.265. The number of carbonyl (C=O) groups excluding carboxylic acids is 1. The zero-order valence-corrected chi connectivity index (χ0v) is 12.2. The number of hydrogen-bond acceptors (Lipinski definition) is 2. The number of nitrogens with one attached hydrogen (secondary N) is 2. The number of benzene rings is 1. The van der Waals surface area contributed by atoms with Crippen LogP contribution in [0.1, 0.15) is 25.7 Å². The topological polar surface area (TPSA) is 78.4 Å². The summed E-state index contributed by atoms with van der Waals surface area (Å²) in [6.45, 7) is 0. The zero-order valence-electron chi connectivity index (χ0n) is 10.6. The van der Waals surface area contributed by atoms with Crippen molar-refractivity contribution in [3.63, 3.8) is 0 Å². The van der Waals surface area contributed by atoms with Crippen molar-refractivity contribution in [1.29, 1.82) is 0 Å². The third-order valence-corrected chi connectivity index (χ3v) is 4.04. The Morgan fingerprint density at radius 1 is 1.30 bits per heavy atom. The van der Waals surface area contributed by atoms with Crippen LogP contribution in [0.3, 0.4) is 0 Å². The van der Waals surface area contributed by atoms with E-state index in [0.29, 0.717) is 17.3 Å². The molecule has 3 N–H and O–H groups in total. The Morgan fingerprint density at radius 2 is 1.95 bits per heavy atom. The fourth-order valence-electron chi connectivity index (χ4n) is 2.32. The molecular weight excluding hydrogens is 331 g/mol. The SMILES string of the molecule is O=C(Nc1ccc(Br)c(F)c1)NC1(C(=O)O)CCCC1. The molecule has 108 valence electrons. The lowest BCUT2D eigenvalue weighted by Gasteiger charge is -2.25. The Morgan fingerprint density at radius 3 is 2.50 bits per heavy atom. The van der Waals surface area contributed by atoms with Gasteiger partial charge in [-0.15, -0.1) is 0 Å². The maximum atomic E-state index is 13.3. The van der Waals surface area contributed by atoms with E-state index in [1.807, 2.05) is 0 Å². The quantitative estimate of drug-likeness (QED) is 0.788. The van der Waals surface area contributed by atoms with Crippen molar-refractivity contribution in [2.75, 3.05) is 5.32 Å². The molecule has 7 heteroatoms. The summed E-state index contributed by atoms with van der Waals surface area (Å²) in [5, 5.41) is 14.2. The van der Waals surface area contributed by atoms with E-state index in [1.165, 1.54) is 12.1 Å². The van der Waals surface area contributed by atoms with Crippen molar-refractivity contribution in [2.45, 2.75) is 31.2 Å². The summed E-state index contributed by atoms with van der Waals surface area (Å²) in [4.78, 5) is 23.2. The lowest BCUT2D eigenvalue weighted by Crippen LogP contribution is -2.53. The second kappa shape index (κ2) is 5.78. The van der Waals surface area contributed by atoms with Crippen LogP contribution >= 0.6 is 15.9 Å². The molecule has 20 heavy (non-hydrogen) atoms. The van der Waals surface area contributed by atoms with E-state index in [2.05, 4.69) is 26.6 Å². The van der Waals surface area contributed by atoms with Gasteiger partial charge in [0.25, 0.3) is 0 Å². The number of anilines is 1. The van der Waals surface area contributed by atoms with E-state index >= 15 is 0 Å². The van der Waals surface area contributed by atoms with Crippen LogP contribution in [0.2, 0.25) is 0 Å². The highest BCUT2D eigenvalue weighted by Crippen LogP contribution is 2.30. The van der Waals surface area contributed by atoms with Crippen LogP contribution in [-0.2, 0) is 4.79 Å². The van der Waals surface area contributed by atoms with Crippen molar-refractivity contribution in [3.05, 3.63) is 28.5 Å². The van der Waals surface area contributed by atoms with Gasteiger partial charge in [-0.3, -0.25) is 0 Å². The molecule has 2 amide bonds. The molecule has 0 heterocycles. The summed E-state index contributed by atoms with van der Waals surface area (Å²) in [6, 6.07) is 3.50. The molecule has 0 unspecified atom stereocenters. The summed E-state index contributed by atoms with van der Waals surface area (Å²) in [5.41, 5.74) is -0.945. The predicted molar refractivity (Wildman–Crippen MR) is 75.1 cm³/mol. The molecule has 0 spiro atoms. The monoisotopic (exact) mass is 344 g/mol. The van der Waals surface area contributed by atoms with Gasteiger partial charge >= 0.3 is 12.0 Å². The molecule has 1 aliphatic carbocycles. The maximum Gasteiger partial charge on any atom is 0.329 e. The number of amides is 2. The molecule has 1 aliphatic rings. The Labute approximate surface area is 123 Å². The van der Waals surface area contributed by atoms with Gasteiger partial charge < -0.3 is 15.7 Å². The van der Waals surface area contributed by atoms with Gasteiger partial charge in [-0.05, 0) is 47.0 Å². The summed E-state index contributed by atoms with van der Waals surface area (Å²) >= 11 is 3.01.